The zero-order chi connectivity index (χ0) is 13.8. The Morgan fingerprint density at radius 1 is 1.26 bits per heavy atom. The van der Waals surface area contributed by atoms with Gasteiger partial charge < -0.3 is 5.41 Å². The van der Waals surface area contributed by atoms with Gasteiger partial charge >= 0.3 is 0 Å². The minimum absolute atomic E-state index is 0.0893. The number of allylic oxidation sites excluding steroid dienone is 2. The fraction of sp³-hybridized carbons (Fsp3) is 0.294. The number of nitrogens with zero attached hydrogens (tertiary/aromatic N) is 1. The molecule has 0 aromatic heterocycles. The van der Waals surface area contributed by atoms with Gasteiger partial charge in [0.05, 0.1) is 0 Å². The van der Waals surface area contributed by atoms with Gasteiger partial charge in [0.1, 0.15) is 12.5 Å². The Balaban J connectivity index is 2.40. The van der Waals surface area contributed by atoms with E-state index in [0.29, 0.717) is 0 Å². The number of nitrogens with one attached hydrogen (secondary N) is 1. The van der Waals surface area contributed by atoms with E-state index in [2.05, 4.69) is 56.5 Å². The highest BCUT2D eigenvalue weighted by molar-refractivity contribution is 6.04. The standard InChI is InChI=1S/C17H19N2/c1-12-9-15-16(2,3)19(4)11-17(15,10-18)14-8-6-5-7-13(12)14/h5-11,18H,1H2,2-4H3/q+1/t17-/m0/s1. The predicted octanol–water partition coefficient (Wildman–Crippen LogP) is 3.03. The van der Waals surface area contributed by atoms with Crippen molar-refractivity contribution in [2.75, 3.05) is 7.05 Å². The summed E-state index contributed by atoms with van der Waals surface area (Å²) in [5.41, 5.74) is 4.10. The predicted molar refractivity (Wildman–Crippen MR) is 80.3 cm³/mol. The van der Waals surface area contributed by atoms with Crippen molar-refractivity contribution in [2.24, 2.45) is 0 Å². The molecule has 1 heterocycles. The molecule has 1 N–H and O–H groups in total. The number of hydrogen-bond donors (Lipinski definition) is 1. The van der Waals surface area contributed by atoms with Crippen LogP contribution in [0.3, 0.4) is 0 Å². The van der Waals surface area contributed by atoms with Gasteiger partial charge in [0, 0.05) is 25.6 Å². The first kappa shape index (κ1) is 12.1. The highest BCUT2D eigenvalue weighted by atomic mass is 15.1. The van der Waals surface area contributed by atoms with Gasteiger partial charge in [-0.25, -0.2) is 4.58 Å². The lowest BCUT2D eigenvalue weighted by Gasteiger charge is -2.32. The summed E-state index contributed by atoms with van der Waals surface area (Å²) < 4.78 is 2.21. The van der Waals surface area contributed by atoms with Gasteiger partial charge in [-0.1, -0.05) is 30.8 Å². The number of likely N-dealkylation sites (N-methyl/N-ethyl adjacent to an activating group) is 1. The largest absolute Gasteiger partial charge is 0.311 e. The first-order valence-electron chi connectivity index (χ1n) is 6.55. The molecule has 19 heavy (non-hydrogen) atoms. The molecule has 0 amide bonds. The van der Waals surface area contributed by atoms with Crippen LogP contribution in [0.1, 0.15) is 25.0 Å². The van der Waals surface area contributed by atoms with Crippen LogP contribution in [-0.4, -0.2) is 29.6 Å². The van der Waals surface area contributed by atoms with Crippen LogP contribution in [0.15, 0.2) is 42.5 Å². The van der Waals surface area contributed by atoms with Gasteiger partial charge in [-0.05, 0) is 22.8 Å². The van der Waals surface area contributed by atoms with E-state index in [1.165, 1.54) is 11.1 Å². The topological polar surface area (TPSA) is 26.9 Å². The molecule has 1 aliphatic carbocycles. The average Bonchev–Trinajstić information content (AvgIpc) is 2.60. The fourth-order valence-electron chi connectivity index (χ4n) is 3.31. The van der Waals surface area contributed by atoms with E-state index < -0.39 is 5.41 Å². The van der Waals surface area contributed by atoms with Gasteiger partial charge in [-0.2, -0.15) is 0 Å². The molecule has 1 aromatic rings. The van der Waals surface area contributed by atoms with Crippen molar-refractivity contribution in [2.45, 2.75) is 24.8 Å². The van der Waals surface area contributed by atoms with E-state index >= 15 is 0 Å². The van der Waals surface area contributed by atoms with Gasteiger partial charge in [-0.15, -0.1) is 0 Å². The smallest absolute Gasteiger partial charge is 0.179 e. The maximum absolute atomic E-state index is 8.03. The normalized spacial score (nSPS) is 27.2. The van der Waals surface area contributed by atoms with Crippen molar-refractivity contribution >= 4 is 18.0 Å². The summed E-state index contributed by atoms with van der Waals surface area (Å²) in [6.07, 6.45) is 5.89. The minimum atomic E-state index is -0.407. The first-order valence-corrected chi connectivity index (χ1v) is 6.55. The molecule has 1 aliphatic heterocycles. The van der Waals surface area contributed by atoms with E-state index in [1.807, 2.05) is 12.1 Å². The van der Waals surface area contributed by atoms with Crippen LogP contribution in [-0.2, 0) is 5.41 Å². The van der Waals surface area contributed by atoms with Crippen LogP contribution in [0, 0.1) is 5.41 Å². The summed E-state index contributed by atoms with van der Waals surface area (Å²) in [7, 11) is 2.08. The van der Waals surface area contributed by atoms with E-state index in [-0.39, 0.29) is 5.54 Å². The van der Waals surface area contributed by atoms with E-state index in [4.69, 9.17) is 5.41 Å². The van der Waals surface area contributed by atoms with E-state index in [9.17, 15) is 0 Å². The van der Waals surface area contributed by atoms with Crippen LogP contribution in [0.2, 0.25) is 0 Å². The molecule has 0 saturated carbocycles. The Kier molecular flexibility index (Phi) is 2.25. The molecule has 0 fully saturated rings. The molecular formula is C17H19N2+. The Labute approximate surface area is 114 Å². The lowest BCUT2D eigenvalue weighted by molar-refractivity contribution is -0.552. The molecule has 2 heteroatoms. The third kappa shape index (κ3) is 1.31. The molecule has 0 saturated heterocycles. The zero-order valence-corrected chi connectivity index (χ0v) is 11.7. The summed E-state index contributed by atoms with van der Waals surface area (Å²) in [4.78, 5) is 0. The average molecular weight is 251 g/mol. The summed E-state index contributed by atoms with van der Waals surface area (Å²) in [5, 5.41) is 8.03. The monoisotopic (exact) mass is 251 g/mol. The van der Waals surface area contributed by atoms with Crippen LogP contribution >= 0.6 is 0 Å². The quantitative estimate of drug-likeness (QED) is 0.587. The van der Waals surface area contributed by atoms with Crippen molar-refractivity contribution in [3.05, 3.63) is 53.6 Å². The second-order valence-electron chi connectivity index (χ2n) is 5.94. The number of rotatable bonds is 1. The summed E-state index contributed by atoms with van der Waals surface area (Å²) >= 11 is 0. The van der Waals surface area contributed by atoms with Crippen LogP contribution < -0.4 is 0 Å². The lowest BCUT2D eigenvalue weighted by atomic mass is 9.66. The van der Waals surface area contributed by atoms with Crippen molar-refractivity contribution in [3.8, 4) is 0 Å². The zero-order valence-electron chi connectivity index (χ0n) is 11.7. The summed E-state index contributed by atoms with van der Waals surface area (Å²) in [6.45, 7) is 8.58. The van der Waals surface area contributed by atoms with Crippen molar-refractivity contribution in [3.63, 3.8) is 0 Å². The second kappa shape index (κ2) is 3.53. The van der Waals surface area contributed by atoms with Gasteiger partial charge in [0.2, 0.25) is 0 Å². The molecule has 1 atom stereocenters. The van der Waals surface area contributed by atoms with E-state index in [1.54, 1.807) is 6.21 Å². The van der Waals surface area contributed by atoms with Crippen LogP contribution in [0.25, 0.3) is 5.57 Å². The van der Waals surface area contributed by atoms with Crippen LogP contribution in [0.5, 0.6) is 0 Å². The molecule has 96 valence electrons. The lowest BCUT2D eigenvalue weighted by Crippen LogP contribution is -2.38. The fourth-order valence-corrected chi connectivity index (χ4v) is 3.31. The summed E-state index contributed by atoms with van der Waals surface area (Å²) in [5.74, 6) is 0. The molecule has 3 rings (SSSR count). The molecule has 0 radical (unpaired) electrons. The first-order chi connectivity index (χ1) is 8.93. The molecule has 2 nitrogen and oxygen atoms in total. The third-order valence-corrected chi connectivity index (χ3v) is 4.65. The van der Waals surface area contributed by atoms with Crippen molar-refractivity contribution in [1.82, 2.24) is 0 Å². The highest BCUT2D eigenvalue weighted by Gasteiger charge is 2.55. The number of fused-ring (bicyclic) bond motifs is 3. The Morgan fingerprint density at radius 2 is 1.95 bits per heavy atom. The van der Waals surface area contributed by atoms with E-state index in [0.717, 1.165) is 11.1 Å². The van der Waals surface area contributed by atoms with Gasteiger partial charge in [0.15, 0.2) is 11.8 Å². The molecule has 0 spiro atoms. The Hall–Kier alpha value is -1.96. The SMILES string of the molecule is C=C1C=C2C(C)(C)[N+](C)=C[C@@]2(C=N)c2ccccc21. The van der Waals surface area contributed by atoms with Gasteiger partial charge in [0.25, 0.3) is 0 Å². The van der Waals surface area contributed by atoms with Crippen molar-refractivity contribution < 1.29 is 4.58 Å². The molecule has 0 bridgehead atoms. The highest BCUT2D eigenvalue weighted by Crippen LogP contribution is 2.48. The Bertz CT molecular complexity index is 662. The Morgan fingerprint density at radius 3 is 2.63 bits per heavy atom. The molecule has 1 aromatic carbocycles. The molecular weight excluding hydrogens is 232 g/mol. The number of hydrogen-bond acceptors (Lipinski definition) is 1. The maximum Gasteiger partial charge on any atom is 0.179 e. The van der Waals surface area contributed by atoms with Crippen LogP contribution in [0.4, 0.5) is 0 Å². The van der Waals surface area contributed by atoms with Crippen molar-refractivity contribution in [1.29, 1.82) is 5.41 Å². The second-order valence-corrected chi connectivity index (χ2v) is 5.94. The minimum Gasteiger partial charge on any atom is -0.311 e. The number of benzene rings is 1. The molecule has 2 aliphatic rings. The third-order valence-electron chi connectivity index (χ3n) is 4.65. The summed E-state index contributed by atoms with van der Waals surface area (Å²) in [6, 6.07) is 8.28. The molecule has 0 unspecified atom stereocenters. The van der Waals surface area contributed by atoms with Gasteiger partial charge in [-0.3, -0.25) is 0 Å². The maximum atomic E-state index is 8.03.